The number of amides is 1. The van der Waals surface area contributed by atoms with Gasteiger partial charge in [-0.3, -0.25) is 4.79 Å². The van der Waals surface area contributed by atoms with Gasteiger partial charge in [0.1, 0.15) is 0 Å². The van der Waals surface area contributed by atoms with Gasteiger partial charge < -0.3 is 5.32 Å². The number of alkyl halides is 4. The fourth-order valence-corrected chi connectivity index (χ4v) is 6.28. The van der Waals surface area contributed by atoms with Crippen molar-refractivity contribution in [2.24, 2.45) is 16.2 Å². The molecule has 0 aromatic heterocycles. The molecule has 3 atom stereocenters. The van der Waals surface area contributed by atoms with Crippen molar-refractivity contribution in [3.05, 3.63) is 29.8 Å². The van der Waals surface area contributed by atoms with E-state index >= 15 is 0 Å². The Labute approximate surface area is 142 Å². The molecule has 3 aliphatic rings. The Bertz CT molecular complexity index is 672. The number of hydrogen-bond acceptors (Lipinski definition) is 1. The molecular formula is C17H19BrF3NO. The van der Waals surface area contributed by atoms with E-state index in [4.69, 9.17) is 0 Å². The van der Waals surface area contributed by atoms with E-state index in [0.29, 0.717) is 0 Å². The van der Waals surface area contributed by atoms with Crippen molar-refractivity contribution >= 4 is 27.5 Å². The molecule has 0 spiro atoms. The van der Waals surface area contributed by atoms with E-state index in [-0.39, 0.29) is 27.3 Å². The van der Waals surface area contributed by atoms with Crippen molar-refractivity contribution in [3.63, 3.8) is 0 Å². The predicted molar refractivity (Wildman–Crippen MR) is 86.3 cm³/mol. The monoisotopic (exact) mass is 389 g/mol. The van der Waals surface area contributed by atoms with Crippen LogP contribution in [-0.2, 0) is 11.0 Å². The van der Waals surface area contributed by atoms with Gasteiger partial charge in [-0.05, 0) is 41.9 Å². The molecular weight excluding hydrogens is 371 g/mol. The maximum Gasteiger partial charge on any atom is 0.416 e. The van der Waals surface area contributed by atoms with Crippen molar-refractivity contribution in [2.45, 2.75) is 44.6 Å². The Morgan fingerprint density at radius 2 is 1.91 bits per heavy atom. The van der Waals surface area contributed by atoms with E-state index < -0.39 is 17.2 Å². The van der Waals surface area contributed by atoms with Gasteiger partial charge in [-0.25, -0.2) is 0 Å². The number of nitrogens with one attached hydrogen (secondary N) is 1. The van der Waals surface area contributed by atoms with Crippen LogP contribution in [0.1, 0.15) is 39.2 Å². The van der Waals surface area contributed by atoms with Gasteiger partial charge in [0, 0.05) is 10.5 Å². The largest absolute Gasteiger partial charge is 0.416 e. The number of carbonyl (C=O) groups is 1. The van der Waals surface area contributed by atoms with Crippen LogP contribution in [0.25, 0.3) is 0 Å². The van der Waals surface area contributed by atoms with Crippen molar-refractivity contribution in [3.8, 4) is 0 Å². The SMILES string of the molecule is CC1(C)[C@]2(C(=O)Nc3cccc(C(F)(F)F)c3)CC[C@]1(C)[C@H]2Br. The minimum absolute atomic E-state index is 0.0398. The molecule has 6 heteroatoms. The average molecular weight is 390 g/mol. The Balaban J connectivity index is 1.87. The van der Waals surface area contributed by atoms with E-state index in [1.807, 2.05) is 0 Å². The summed E-state index contributed by atoms with van der Waals surface area (Å²) in [7, 11) is 0. The highest BCUT2D eigenvalue weighted by Crippen LogP contribution is 2.79. The van der Waals surface area contributed by atoms with Gasteiger partial charge in [0.15, 0.2) is 0 Å². The number of carbonyl (C=O) groups excluding carboxylic acids is 1. The molecule has 23 heavy (non-hydrogen) atoms. The third-order valence-electron chi connectivity index (χ3n) is 6.43. The first-order valence-corrected chi connectivity index (χ1v) is 8.51. The molecule has 1 aromatic rings. The van der Waals surface area contributed by atoms with Gasteiger partial charge in [-0.1, -0.05) is 42.8 Å². The van der Waals surface area contributed by atoms with Crippen molar-refractivity contribution in [2.75, 3.05) is 5.32 Å². The third kappa shape index (κ3) is 1.96. The highest BCUT2D eigenvalue weighted by Gasteiger charge is 2.80. The number of hydrogen-bond donors (Lipinski definition) is 1. The molecule has 1 aromatic carbocycles. The van der Waals surface area contributed by atoms with Crippen molar-refractivity contribution < 1.29 is 18.0 Å². The summed E-state index contributed by atoms with van der Waals surface area (Å²) in [5.74, 6) is -0.196. The van der Waals surface area contributed by atoms with Gasteiger partial charge in [0.2, 0.25) is 5.91 Å². The molecule has 126 valence electrons. The molecule has 4 rings (SSSR count). The molecule has 3 aliphatic carbocycles. The average Bonchev–Trinajstić information content (AvgIpc) is 2.86. The van der Waals surface area contributed by atoms with Crippen molar-refractivity contribution in [1.29, 1.82) is 0 Å². The topological polar surface area (TPSA) is 29.1 Å². The minimum Gasteiger partial charge on any atom is -0.326 e. The van der Waals surface area contributed by atoms with Crippen LogP contribution < -0.4 is 5.32 Å². The second-order valence-electron chi connectivity index (χ2n) is 7.41. The molecule has 0 saturated heterocycles. The summed E-state index contributed by atoms with van der Waals surface area (Å²) < 4.78 is 38.4. The highest BCUT2D eigenvalue weighted by molar-refractivity contribution is 9.09. The number of rotatable bonds is 2. The Kier molecular flexibility index (Phi) is 3.47. The molecule has 0 heterocycles. The highest BCUT2D eigenvalue weighted by atomic mass is 79.9. The van der Waals surface area contributed by atoms with Crippen LogP contribution in [-0.4, -0.2) is 10.7 Å². The zero-order valence-electron chi connectivity index (χ0n) is 13.2. The predicted octanol–water partition coefficient (Wildman–Crippen LogP) is 5.23. The maximum absolute atomic E-state index is 12.9. The lowest BCUT2D eigenvalue weighted by Gasteiger charge is -2.64. The van der Waals surface area contributed by atoms with Crippen LogP contribution in [0.5, 0.6) is 0 Å². The van der Waals surface area contributed by atoms with E-state index in [0.717, 1.165) is 25.0 Å². The number of halogens is 4. The minimum atomic E-state index is -4.42. The van der Waals surface area contributed by atoms with E-state index in [2.05, 4.69) is 42.0 Å². The zero-order valence-corrected chi connectivity index (χ0v) is 14.8. The van der Waals surface area contributed by atoms with Crippen LogP contribution in [0.2, 0.25) is 0 Å². The number of benzene rings is 1. The number of anilines is 1. The van der Waals surface area contributed by atoms with Crippen LogP contribution in [0.15, 0.2) is 24.3 Å². The molecule has 2 bridgehead atoms. The zero-order chi connectivity index (χ0) is 17.3. The molecule has 1 N–H and O–H groups in total. The second-order valence-corrected chi connectivity index (χ2v) is 8.32. The summed E-state index contributed by atoms with van der Waals surface area (Å²) in [4.78, 5) is 12.9. The number of fused-ring (bicyclic) bond motifs is 1. The Hall–Kier alpha value is -1.04. The van der Waals surface area contributed by atoms with Gasteiger partial charge >= 0.3 is 6.18 Å². The van der Waals surface area contributed by atoms with Crippen LogP contribution >= 0.6 is 15.9 Å². The fraction of sp³-hybridized carbons (Fsp3) is 0.588. The summed E-state index contributed by atoms with van der Waals surface area (Å²) in [6.45, 7) is 6.31. The van der Waals surface area contributed by atoms with E-state index in [9.17, 15) is 18.0 Å². The second kappa shape index (κ2) is 4.74. The van der Waals surface area contributed by atoms with Crippen LogP contribution in [0.4, 0.5) is 18.9 Å². The van der Waals surface area contributed by atoms with Gasteiger partial charge in [0.25, 0.3) is 0 Å². The molecule has 0 radical (unpaired) electrons. The van der Waals surface area contributed by atoms with E-state index in [1.54, 1.807) is 0 Å². The summed E-state index contributed by atoms with van der Waals surface area (Å²) in [5, 5.41) is 2.71. The molecule has 3 fully saturated rings. The third-order valence-corrected chi connectivity index (χ3v) is 8.22. The summed E-state index contributed by atoms with van der Waals surface area (Å²) in [6, 6.07) is 4.79. The maximum atomic E-state index is 12.9. The Morgan fingerprint density at radius 1 is 1.26 bits per heavy atom. The summed E-state index contributed by atoms with van der Waals surface area (Å²) in [5.41, 5.74) is -1.30. The smallest absolute Gasteiger partial charge is 0.326 e. The standard InChI is InChI=1S/C17H19BrF3NO/c1-14(2)15(3)7-8-16(14,12(15)18)13(23)22-11-6-4-5-10(9-11)17(19,20)21/h4-6,9,12H,7-8H2,1-3H3,(H,22,23)/t12-,15-,16-/m1/s1. The molecule has 0 unspecified atom stereocenters. The lowest BCUT2D eigenvalue weighted by molar-refractivity contribution is -0.156. The fourth-order valence-electron chi connectivity index (χ4n) is 4.47. The lowest BCUT2D eigenvalue weighted by atomic mass is 9.43. The first-order chi connectivity index (χ1) is 10.5. The molecule has 3 saturated carbocycles. The quantitative estimate of drug-likeness (QED) is 0.689. The van der Waals surface area contributed by atoms with Gasteiger partial charge in [-0.15, -0.1) is 0 Å². The van der Waals surface area contributed by atoms with Crippen molar-refractivity contribution in [1.82, 2.24) is 0 Å². The summed E-state index contributed by atoms with van der Waals surface area (Å²) >= 11 is 3.66. The van der Waals surface area contributed by atoms with Crippen LogP contribution in [0.3, 0.4) is 0 Å². The molecule has 2 nitrogen and oxygen atoms in total. The van der Waals surface area contributed by atoms with E-state index in [1.165, 1.54) is 12.1 Å². The normalized spacial score (nSPS) is 34.8. The van der Waals surface area contributed by atoms with Gasteiger partial charge in [-0.2, -0.15) is 13.2 Å². The Morgan fingerprint density at radius 3 is 2.39 bits per heavy atom. The lowest BCUT2D eigenvalue weighted by Crippen LogP contribution is -2.68. The van der Waals surface area contributed by atoms with Crippen LogP contribution in [0, 0.1) is 16.2 Å². The molecule has 0 aliphatic heterocycles. The molecule has 1 amide bonds. The van der Waals surface area contributed by atoms with Gasteiger partial charge in [0.05, 0.1) is 11.0 Å². The first-order valence-electron chi connectivity index (χ1n) is 7.60. The summed E-state index contributed by atoms with van der Waals surface area (Å²) in [6.07, 6.45) is -2.73. The first kappa shape index (κ1) is 16.8.